The molecule has 2 aromatic rings. The van der Waals surface area contributed by atoms with Crippen LogP contribution in [0.15, 0.2) is 30.5 Å². The highest BCUT2D eigenvalue weighted by atomic mass is 19.3. The summed E-state index contributed by atoms with van der Waals surface area (Å²) >= 11 is 0. The first-order valence-electron chi connectivity index (χ1n) is 6.62. The number of hydrogen-bond donors (Lipinski definition) is 1. The molecule has 0 aliphatic rings. The van der Waals surface area contributed by atoms with Crippen LogP contribution in [0.1, 0.15) is 22.8 Å². The molecule has 0 amide bonds. The highest BCUT2D eigenvalue weighted by molar-refractivity contribution is 5.91. The highest BCUT2D eigenvalue weighted by Gasteiger charge is 2.20. The second-order valence-corrected chi connectivity index (χ2v) is 4.24. The van der Waals surface area contributed by atoms with Gasteiger partial charge in [0.1, 0.15) is 12.4 Å². The van der Waals surface area contributed by atoms with Gasteiger partial charge < -0.3 is 19.4 Å². The normalized spacial score (nSPS) is 10.6. The van der Waals surface area contributed by atoms with Gasteiger partial charge in [0.2, 0.25) is 5.88 Å². The van der Waals surface area contributed by atoms with Crippen molar-refractivity contribution >= 4 is 5.97 Å². The van der Waals surface area contributed by atoms with Crippen molar-refractivity contribution in [2.24, 2.45) is 0 Å². The SMILES string of the molecule is CCOC(=O)c1cccc(OC(F)F)c1COc1ccn(O)n1. The zero-order valence-corrected chi connectivity index (χ0v) is 12.1. The summed E-state index contributed by atoms with van der Waals surface area (Å²) in [5.74, 6) is -0.832. The Labute approximate surface area is 130 Å². The zero-order chi connectivity index (χ0) is 16.8. The number of nitrogens with zero attached hydrogens (tertiary/aromatic N) is 2. The third-order valence-electron chi connectivity index (χ3n) is 2.76. The lowest BCUT2D eigenvalue weighted by molar-refractivity contribution is -0.0509. The Morgan fingerprint density at radius 3 is 2.78 bits per heavy atom. The molecule has 124 valence electrons. The van der Waals surface area contributed by atoms with Crippen molar-refractivity contribution in [1.82, 2.24) is 9.94 Å². The molecule has 0 saturated carbocycles. The van der Waals surface area contributed by atoms with E-state index in [0.717, 1.165) is 0 Å². The number of esters is 1. The minimum atomic E-state index is -3.05. The molecule has 0 radical (unpaired) electrons. The van der Waals surface area contributed by atoms with Crippen LogP contribution in [0, 0.1) is 0 Å². The van der Waals surface area contributed by atoms with Gasteiger partial charge in [-0.25, -0.2) is 4.79 Å². The molecule has 1 N–H and O–H groups in total. The van der Waals surface area contributed by atoms with Crippen LogP contribution in [0.2, 0.25) is 0 Å². The molecular formula is C14H14F2N2O5. The van der Waals surface area contributed by atoms with Gasteiger partial charge in [-0.1, -0.05) is 11.2 Å². The van der Waals surface area contributed by atoms with E-state index in [-0.39, 0.29) is 36.0 Å². The van der Waals surface area contributed by atoms with Crippen LogP contribution < -0.4 is 9.47 Å². The van der Waals surface area contributed by atoms with E-state index in [2.05, 4.69) is 9.84 Å². The third-order valence-corrected chi connectivity index (χ3v) is 2.76. The average molecular weight is 328 g/mol. The molecule has 0 atom stereocenters. The number of benzene rings is 1. The Bertz CT molecular complexity index is 675. The van der Waals surface area contributed by atoms with Gasteiger partial charge in [0.25, 0.3) is 0 Å². The predicted octanol–water partition coefficient (Wildman–Crippen LogP) is 2.48. The van der Waals surface area contributed by atoms with Crippen molar-refractivity contribution in [1.29, 1.82) is 0 Å². The maximum Gasteiger partial charge on any atom is 0.387 e. The van der Waals surface area contributed by atoms with Crippen molar-refractivity contribution in [3.63, 3.8) is 0 Å². The van der Waals surface area contributed by atoms with Gasteiger partial charge in [-0.05, 0) is 19.1 Å². The maximum atomic E-state index is 12.5. The van der Waals surface area contributed by atoms with Crippen molar-refractivity contribution in [2.75, 3.05) is 6.61 Å². The molecule has 2 rings (SSSR count). The Morgan fingerprint density at radius 2 is 2.17 bits per heavy atom. The summed E-state index contributed by atoms with van der Waals surface area (Å²) < 4.78 is 39.6. The number of alkyl halides is 2. The van der Waals surface area contributed by atoms with E-state index in [0.29, 0.717) is 4.85 Å². The van der Waals surface area contributed by atoms with E-state index in [1.807, 2.05) is 0 Å². The lowest BCUT2D eigenvalue weighted by Gasteiger charge is -2.14. The van der Waals surface area contributed by atoms with E-state index in [9.17, 15) is 13.6 Å². The van der Waals surface area contributed by atoms with Gasteiger partial charge in [0.05, 0.1) is 18.4 Å². The topological polar surface area (TPSA) is 82.8 Å². The molecule has 23 heavy (non-hydrogen) atoms. The van der Waals surface area contributed by atoms with Crippen molar-refractivity contribution in [3.8, 4) is 11.6 Å². The summed E-state index contributed by atoms with van der Waals surface area (Å²) in [4.78, 5) is 12.5. The number of hydrogen-bond acceptors (Lipinski definition) is 6. The van der Waals surface area contributed by atoms with E-state index < -0.39 is 12.6 Å². The first kappa shape index (κ1) is 16.5. The monoisotopic (exact) mass is 328 g/mol. The minimum Gasteiger partial charge on any atom is -0.471 e. The van der Waals surface area contributed by atoms with Crippen molar-refractivity contribution in [2.45, 2.75) is 20.1 Å². The number of carbonyl (C=O) groups excluding carboxylic acids is 1. The molecule has 0 bridgehead atoms. The van der Waals surface area contributed by atoms with E-state index in [4.69, 9.17) is 14.7 Å². The average Bonchev–Trinajstić information content (AvgIpc) is 2.91. The Kier molecular flexibility index (Phi) is 5.34. The molecule has 0 saturated heterocycles. The molecule has 9 heteroatoms. The molecule has 0 fully saturated rings. The summed E-state index contributed by atoms with van der Waals surface area (Å²) in [6.45, 7) is -1.56. The lowest BCUT2D eigenvalue weighted by atomic mass is 10.1. The Morgan fingerprint density at radius 1 is 1.39 bits per heavy atom. The Balaban J connectivity index is 2.29. The standard InChI is InChI=1S/C14H14F2N2O5/c1-2-21-13(19)9-4-3-5-11(23-14(15)16)10(9)8-22-12-6-7-18(20)17-12/h3-7,14,20H,2,8H2,1H3. The first-order chi connectivity index (χ1) is 11.0. The van der Waals surface area contributed by atoms with E-state index in [1.54, 1.807) is 6.92 Å². The van der Waals surface area contributed by atoms with Crippen LogP contribution >= 0.6 is 0 Å². The fourth-order valence-electron chi connectivity index (χ4n) is 1.84. The minimum absolute atomic E-state index is 0.0495. The van der Waals surface area contributed by atoms with Crippen LogP contribution in [0.3, 0.4) is 0 Å². The molecule has 1 heterocycles. The summed E-state index contributed by atoms with van der Waals surface area (Å²) in [5, 5.41) is 12.6. The number of carbonyl (C=O) groups is 1. The molecule has 0 aliphatic carbocycles. The summed E-state index contributed by atoms with van der Waals surface area (Å²) in [5.41, 5.74) is 0.146. The van der Waals surface area contributed by atoms with Crippen molar-refractivity contribution in [3.05, 3.63) is 41.6 Å². The fourth-order valence-corrected chi connectivity index (χ4v) is 1.84. The predicted molar refractivity (Wildman–Crippen MR) is 72.8 cm³/mol. The third kappa shape index (κ3) is 4.31. The lowest BCUT2D eigenvalue weighted by Crippen LogP contribution is -2.13. The molecule has 1 aromatic carbocycles. The zero-order valence-electron chi connectivity index (χ0n) is 12.1. The highest BCUT2D eigenvalue weighted by Crippen LogP contribution is 2.26. The van der Waals surface area contributed by atoms with E-state index in [1.165, 1.54) is 30.5 Å². The van der Waals surface area contributed by atoms with Gasteiger partial charge in [-0.15, -0.1) is 4.85 Å². The van der Waals surface area contributed by atoms with Crippen LogP contribution in [0.4, 0.5) is 8.78 Å². The number of halogens is 2. The van der Waals surface area contributed by atoms with Crippen LogP contribution in [0.5, 0.6) is 11.6 Å². The largest absolute Gasteiger partial charge is 0.471 e. The second kappa shape index (κ2) is 7.43. The maximum absolute atomic E-state index is 12.5. The van der Waals surface area contributed by atoms with Crippen LogP contribution in [-0.2, 0) is 11.3 Å². The molecule has 7 nitrogen and oxygen atoms in total. The molecule has 0 unspecified atom stereocenters. The number of ether oxygens (including phenoxy) is 3. The van der Waals surface area contributed by atoms with Crippen LogP contribution in [-0.4, -0.2) is 34.3 Å². The number of rotatable bonds is 7. The quantitative estimate of drug-likeness (QED) is 0.621. The smallest absolute Gasteiger partial charge is 0.387 e. The number of aromatic nitrogens is 2. The summed E-state index contributed by atoms with van der Waals surface area (Å²) in [6.07, 6.45) is 1.23. The molecular weight excluding hydrogens is 314 g/mol. The van der Waals surface area contributed by atoms with E-state index >= 15 is 0 Å². The summed E-state index contributed by atoms with van der Waals surface area (Å²) in [6, 6.07) is 5.47. The summed E-state index contributed by atoms with van der Waals surface area (Å²) in [7, 11) is 0. The molecule has 0 aliphatic heterocycles. The molecule has 0 spiro atoms. The van der Waals surface area contributed by atoms with Gasteiger partial charge in [-0.2, -0.15) is 8.78 Å². The first-order valence-corrected chi connectivity index (χ1v) is 6.62. The fraction of sp³-hybridized carbons (Fsp3) is 0.286. The molecule has 1 aromatic heterocycles. The second-order valence-electron chi connectivity index (χ2n) is 4.24. The van der Waals surface area contributed by atoms with Gasteiger partial charge in [0.15, 0.2) is 0 Å². The van der Waals surface area contributed by atoms with Crippen molar-refractivity contribution < 1.29 is 33.0 Å². The van der Waals surface area contributed by atoms with Gasteiger partial charge >= 0.3 is 12.6 Å². The van der Waals surface area contributed by atoms with Crippen LogP contribution in [0.25, 0.3) is 0 Å². The van der Waals surface area contributed by atoms with Gasteiger partial charge in [-0.3, -0.25) is 0 Å². The van der Waals surface area contributed by atoms with Gasteiger partial charge in [0, 0.05) is 11.6 Å². The Hall–Kier alpha value is -2.84.